The maximum Gasteiger partial charge on any atom is 0.311 e. The number of nitrogens with one attached hydrogen (secondary N) is 1. The highest BCUT2D eigenvalue weighted by Gasteiger charge is 2.25. The van der Waals surface area contributed by atoms with Crippen LogP contribution in [0.15, 0.2) is 18.2 Å². The average Bonchev–Trinajstić information content (AvgIpc) is 2.27. The number of phenolic OH excluding ortho intramolecular Hbond substituents is 1. The highest BCUT2D eigenvalue weighted by molar-refractivity contribution is 5.98. The molecule has 0 heterocycles. The smallest absolute Gasteiger partial charge is 0.311 e. The zero-order chi connectivity index (χ0) is 14.6. The number of carbonyl (C=O) groups is 1. The van der Waals surface area contributed by atoms with E-state index in [0.29, 0.717) is 0 Å². The number of nitrogens with zero attached hydrogens (tertiary/aromatic N) is 1. The Balaban J connectivity index is 3.01. The Morgan fingerprint density at radius 2 is 2.11 bits per heavy atom. The van der Waals surface area contributed by atoms with Gasteiger partial charge in [0.05, 0.1) is 10.5 Å². The number of rotatable bonds is 5. The van der Waals surface area contributed by atoms with Gasteiger partial charge in [-0.3, -0.25) is 14.9 Å². The number of carbonyl (C=O) groups excluding carboxylic acids is 1. The summed E-state index contributed by atoms with van der Waals surface area (Å²) in [6, 6.07) is 3.89. The Hall–Kier alpha value is -2.11. The number of nitro groups is 1. The van der Waals surface area contributed by atoms with E-state index in [2.05, 4.69) is 5.32 Å². The lowest BCUT2D eigenvalue weighted by Gasteiger charge is -2.25. The Kier molecular flexibility index (Phi) is 4.47. The molecule has 19 heavy (non-hydrogen) atoms. The van der Waals surface area contributed by atoms with Gasteiger partial charge in [0.15, 0.2) is 0 Å². The standard InChI is InChI=1S/C13H18N2O4/c1-4-8-13(2,3)14-12(17)9-6-5-7-10(11(9)16)15(18)19/h5-7,16H,4,8H2,1-3H3,(H,14,17). The number of hydrogen-bond donors (Lipinski definition) is 2. The maximum absolute atomic E-state index is 12.0. The van der Waals surface area contributed by atoms with Gasteiger partial charge in [0, 0.05) is 11.6 Å². The Morgan fingerprint density at radius 3 is 2.63 bits per heavy atom. The zero-order valence-electron chi connectivity index (χ0n) is 11.3. The van der Waals surface area contributed by atoms with Gasteiger partial charge in [-0.25, -0.2) is 0 Å². The van der Waals surface area contributed by atoms with Crippen molar-refractivity contribution in [3.63, 3.8) is 0 Å². The van der Waals surface area contributed by atoms with Crippen molar-refractivity contribution in [2.24, 2.45) is 0 Å². The second-order valence-corrected chi connectivity index (χ2v) is 5.02. The molecule has 0 radical (unpaired) electrons. The first-order valence-corrected chi connectivity index (χ1v) is 6.07. The molecule has 1 rings (SSSR count). The molecule has 0 unspecified atom stereocenters. The third-order valence-electron chi connectivity index (χ3n) is 2.78. The summed E-state index contributed by atoms with van der Waals surface area (Å²) in [7, 11) is 0. The van der Waals surface area contributed by atoms with Crippen LogP contribution in [0.2, 0.25) is 0 Å². The molecule has 0 aliphatic rings. The van der Waals surface area contributed by atoms with Crippen LogP contribution in [0.5, 0.6) is 5.75 Å². The van der Waals surface area contributed by atoms with Crippen LogP contribution < -0.4 is 5.32 Å². The van der Waals surface area contributed by atoms with Gasteiger partial charge in [0.1, 0.15) is 0 Å². The second kappa shape index (κ2) is 5.69. The van der Waals surface area contributed by atoms with Gasteiger partial charge in [-0.15, -0.1) is 0 Å². The van der Waals surface area contributed by atoms with Gasteiger partial charge in [-0.05, 0) is 26.3 Å². The molecular formula is C13H18N2O4. The van der Waals surface area contributed by atoms with Crippen LogP contribution in [0.4, 0.5) is 5.69 Å². The molecular weight excluding hydrogens is 248 g/mol. The molecule has 1 aromatic rings. The van der Waals surface area contributed by atoms with Crippen LogP contribution in [0.25, 0.3) is 0 Å². The summed E-state index contributed by atoms with van der Waals surface area (Å²) in [5.74, 6) is -1.11. The minimum Gasteiger partial charge on any atom is -0.502 e. The van der Waals surface area contributed by atoms with Crippen LogP contribution >= 0.6 is 0 Å². The van der Waals surface area contributed by atoms with Crippen LogP contribution in [0.1, 0.15) is 44.0 Å². The molecule has 1 amide bonds. The molecule has 0 saturated heterocycles. The van der Waals surface area contributed by atoms with E-state index in [1.165, 1.54) is 12.1 Å². The molecule has 104 valence electrons. The number of hydrogen-bond acceptors (Lipinski definition) is 4. The first-order valence-electron chi connectivity index (χ1n) is 6.07. The molecule has 0 bridgehead atoms. The van der Waals surface area contributed by atoms with Crippen molar-refractivity contribution in [3.8, 4) is 5.75 Å². The van der Waals surface area contributed by atoms with E-state index in [-0.39, 0.29) is 5.56 Å². The van der Waals surface area contributed by atoms with E-state index < -0.39 is 27.8 Å². The van der Waals surface area contributed by atoms with Gasteiger partial charge in [0.25, 0.3) is 5.91 Å². The molecule has 0 aromatic heterocycles. The number of benzene rings is 1. The van der Waals surface area contributed by atoms with Gasteiger partial charge in [0.2, 0.25) is 5.75 Å². The number of amides is 1. The molecule has 0 spiro atoms. The maximum atomic E-state index is 12.0. The normalized spacial score (nSPS) is 11.1. The summed E-state index contributed by atoms with van der Waals surface area (Å²) in [4.78, 5) is 22.0. The summed E-state index contributed by atoms with van der Waals surface area (Å²) >= 11 is 0. The van der Waals surface area contributed by atoms with Crippen molar-refractivity contribution < 1.29 is 14.8 Å². The number of phenols is 1. The van der Waals surface area contributed by atoms with Crippen molar-refractivity contribution in [1.82, 2.24) is 5.32 Å². The fraction of sp³-hybridized carbons (Fsp3) is 0.462. The number of para-hydroxylation sites is 1. The molecule has 0 atom stereocenters. The van der Waals surface area contributed by atoms with E-state index >= 15 is 0 Å². The van der Waals surface area contributed by atoms with Gasteiger partial charge in [-0.2, -0.15) is 0 Å². The molecule has 0 fully saturated rings. The van der Waals surface area contributed by atoms with E-state index in [0.717, 1.165) is 18.9 Å². The fourth-order valence-corrected chi connectivity index (χ4v) is 1.92. The van der Waals surface area contributed by atoms with Gasteiger partial charge < -0.3 is 10.4 Å². The summed E-state index contributed by atoms with van der Waals surface area (Å²) in [5.41, 5.74) is -0.984. The van der Waals surface area contributed by atoms with E-state index in [1.54, 1.807) is 0 Å². The second-order valence-electron chi connectivity index (χ2n) is 5.02. The Bertz CT molecular complexity index is 497. The first kappa shape index (κ1) is 14.9. The first-order chi connectivity index (χ1) is 8.78. The summed E-state index contributed by atoms with van der Waals surface area (Å²) < 4.78 is 0. The number of aromatic hydroxyl groups is 1. The predicted octanol–water partition coefficient (Wildman–Crippen LogP) is 2.61. The summed E-state index contributed by atoms with van der Waals surface area (Å²) in [5, 5.41) is 23.2. The third-order valence-corrected chi connectivity index (χ3v) is 2.78. The topological polar surface area (TPSA) is 92.5 Å². The third kappa shape index (κ3) is 3.67. The van der Waals surface area contributed by atoms with Crippen molar-refractivity contribution in [3.05, 3.63) is 33.9 Å². The Morgan fingerprint density at radius 1 is 1.47 bits per heavy atom. The molecule has 0 aliphatic carbocycles. The van der Waals surface area contributed by atoms with Crippen LogP contribution in [-0.4, -0.2) is 21.5 Å². The van der Waals surface area contributed by atoms with E-state index in [1.807, 2.05) is 20.8 Å². The zero-order valence-corrected chi connectivity index (χ0v) is 11.3. The van der Waals surface area contributed by atoms with Crippen molar-refractivity contribution in [2.75, 3.05) is 0 Å². The summed E-state index contributed by atoms with van der Waals surface area (Å²) in [6.07, 6.45) is 1.67. The molecule has 6 heteroatoms. The minimum atomic E-state index is -0.719. The highest BCUT2D eigenvalue weighted by Crippen LogP contribution is 2.29. The summed E-state index contributed by atoms with van der Waals surface area (Å²) in [6.45, 7) is 5.73. The largest absolute Gasteiger partial charge is 0.502 e. The number of nitro benzene ring substituents is 1. The van der Waals surface area contributed by atoms with Crippen molar-refractivity contribution >= 4 is 11.6 Å². The monoisotopic (exact) mass is 266 g/mol. The van der Waals surface area contributed by atoms with Gasteiger partial charge in [-0.1, -0.05) is 19.4 Å². The lowest BCUT2D eigenvalue weighted by molar-refractivity contribution is -0.385. The molecule has 0 aliphatic heterocycles. The average molecular weight is 266 g/mol. The predicted molar refractivity (Wildman–Crippen MR) is 71.2 cm³/mol. The lowest BCUT2D eigenvalue weighted by Crippen LogP contribution is -2.43. The van der Waals surface area contributed by atoms with Crippen molar-refractivity contribution in [2.45, 2.75) is 39.2 Å². The van der Waals surface area contributed by atoms with Gasteiger partial charge >= 0.3 is 5.69 Å². The van der Waals surface area contributed by atoms with E-state index in [4.69, 9.17) is 0 Å². The van der Waals surface area contributed by atoms with Crippen LogP contribution in [0, 0.1) is 10.1 Å². The van der Waals surface area contributed by atoms with Crippen molar-refractivity contribution in [1.29, 1.82) is 0 Å². The quantitative estimate of drug-likeness (QED) is 0.632. The van der Waals surface area contributed by atoms with Crippen LogP contribution in [0.3, 0.4) is 0 Å². The molecule has 1 aromatic carbocycles. The molecule has 2 N–H and O–H groups in total. The molecule has 0 saturated carbocycles. The van der Waals surface area contributed by atoms with E-state index in [9.17, 15) is 20.0 Å². The SMILES string of the molecule is CCCC(C)(C)NC(=O)c1cccc([N+](=O)[O-])c1O. The fourth-order valence-electron chi connectivity index (χ4n) is 1.92. The molecule has 6 nitrogen and oxygen atoms in total. The lowest BCUT2D eigenvalue weighted by atomic mass is 9.98. The Labute approximate surface area is 111 Å². The highest BCUT2D eigenvalue weighted by atomic mass is 16.6. The van der Waals surface area contributed by atoms with Crippen LogP contribution in [-0.2, 0) is 0 Å². The minimum absolute atomic E-state index is 0.0848.